The molecular weight excluding hydrogens is 375 g/mol. The number of carbonyl (C=O) groups excluding carboxylic acids is 1. The van der Waals surface area contributed by atoms with Crippen molar-refractivity contribution in [3.05, 3.63) is 41.5 Å². The highest BCUT2D eigenvalue weighted by molar-refractivity contribution is 7.09. The number of hydrogen-bond donors (Lipinski definition) is 0. The molecule has 28 heavy (non-hydrogen) atoms. The maximum absolute atomic E-state index is 13.1. The van der Waals surface area contributed by atoms with Gasteiger partial charge in [-0.05, 0) is 37.5 Å². The zero-order valence-corrected chi connectivity index (χ0v) is 17.1. The Morgan fingerprint density at radius 3 is 2.64 bits per heavy atom. The summed E-state index contributed by atoms with van der Waals surface area (Å²) >= 11 is 1.41. The molecule has 0 radical (unpaired) electrons. The van der Waals surface area contributed by atoms with Gasteiger partial charge in [-0.1, -0.05) is 31.4 Å². The van der Waals surface area contributed by atoms with Gasteiger partial charge in [-0.2, -0.15) is 4.37 Å². The Hall–Kier alpha value is -2.02. The van der Waals surface area contributed by atoms with Crippen molar-refractivity contribution in [2.45, 2.75) is 51.5 Å². The third-order valence-electron chi connectivity index (χ3n) is 5.87. The first-order valence-corrected chi connectivity index (χ1v) is 11.0. The predicted octanol–water partition coefficient (Wildman–Crippen LogP) is 3.89. The molecule has 1 saturated carbocycles. The van der Waals surface area contributed by atoms with Gasteiger partial charge in [-0.25, -0.2) is 9.37 Å². The molecule has 150 valence electrons. The molecule has 1 aliphatic heterocycles. The van der Waals surface area contributed by atoms with E-state index in [9.17, 15) is 9.18 Å². The molecule has 0 N–H and O–H groups in total. The predicted molar refractivity (Wildman–Crippen MR) is 109 cm³/mol. The minimum atomic E-state index is -0.231. The molecule has 0 spiro atoms. The second kappa shape index (κ2) is 8.55. The molecule has 0 bridgehead atoms. The third-order valence-corrected chi connectivity index (χ3v) is 6.68. The Balaban J connectivity index is 1.35. The van der Waals surface area contributed by atoms with Crippen molar-refractivity contribution in [1.82, 2.24) is 14.3 Å². The summed E-state index contributed by atoms with van der Waals surface area (Å²) in [5.41, 5.74) is 1.00. The SMILES string of the molecule is C[C@@H]1CN(c2nc(Cc3ccc(F)cc3)ns2)CCN1C(=O)C1CCCCC1. The molecule has 1 aliphatic carbocycles. The summed E-state index contributed by atoms with van der Waals surface area (Å²) in [6.07, 6.45) is 6.35. The molecule has 5 nitrogen and oxygen atoms in total. The average Bonchev–Trinajstić information content (AvgIpc) is 3.18. The monoisotopic (exact) mass is 402 g/mol. The van der Waals surface area contributed by atoms with Crippen LogP contribution in [0.2, 0.25) is 0 Å². The number of halogens is 1. The first-order chi connectivity index (χ1) is 13.6. The van der Waals surface area contributed by atoms with Crippen LogP contribution in [0.4, 0.5) is 9.52 Å². The first kappa shape index (κ1) is 19.3. The van der Waals surface area contributed by atoms with Gasteiger partial charge in [0.15, 0.2) is 0 Å². The van der Waals surface area contributed by atoms with E-state index in [1.807, 2.05) is 0 Å². The average molecular weight is 403 g/mol. The van der Waals surface area contributed by atoms with E-state index in [2.05, 4.69) is 26.1 Å². The van der Waals surface area contributed by atoms with Crippen LogP contribution in [0.25, 0.3) is 0 Å². The van der Waals surface area contributed by atoms with Crippen molar-refractivity contribution in [3.63, 3.8) is 0 Å². The summed E-state index contributed by atoms with van der Waals surface area (Å²) in [7, 11) is 0. The van der Waals surface area contributed by atoms with E-state index in [1.165, 1.54) is 42.9 Å². The number of nitrogens with zero attached hydrogens (tertiary/aromatic N) is 4. The van der Waals surface area contributed by atoms with Crippen LogP contribution < -0.4 is 4.90 Å². The summed E-state index contributed by atoms with van der Waals surface area (Å²) in [5.74, 6) is 1.11. The molecule has 7 heteroatoms. The number of rotatable bonds is 4. The molecule has 1 amide bonds. The number of carbonyl (C=O) groups is 1. The molecule has 4 rings (SSSR count). The second-order valence-electron chi connectivity index (χ2n) is 7.96. The molecular formula is C21H27FN4OS. The summed E-state index contributed by atoms with van der Waals surface area (Å²) in [6, 6.07) is 6.66. The van der Waals surface area contributed by atoms with Crippen LogP contribution in [0.15, 0.2) is 24.3 Å². The van der Waals surface area contributed by atoms with Crippen LogP contribution in [-0.4, -0.2) is 45.8 Å². The van der Waals surface area contributed by atoms with Crippen molar-refractivity contribution >= 4 is 22.6 Å². The van der Waals surface area contributed by atoms with Crippen molar-refractivity contribution in [3.8, 4) is 0 Å². The molecule has 2 aliphatic rings. The van der Waals surface area contributed by atoms with Gasteiger partial charge in [0, 0.05) is 49.5 Å². The first-order valence-electron chi connectivity index (χ1n) is 10.2. The standard InChI is InChI=1S/C21H27FN4OS/c1-15-14-25(11-12-26(15)20(27)17-5-3-2-4-6-17)21-23-19(24-28-21)13-16-7-9-18(22)10-8-16/h7-10,15,17H,2-6,11-14H2,1H3/t15-/m1/s1. The van der Waals surface area contributed by atoms with Gasteiger partial charge in [0.1, 0.15) is 11.6 Å². The van der Waals surface area contributed by atoms with E-state index < -0.39 is 0 Å². The molecule has 1 aromatic carbocycles. The number of amides is 1. The Bertz CT molecular complexity index is 803. The van der Waals surface area contributed by atoms with Gasteiger partial charge >= 0.3 is 0 Å². The maximum atomic E-state index is 13.1. The topological polar surface area (TPSA) is 49.3 Å². The van der Waals surface area contributed by atoms with Crippen LogP contribution in [0.5, 0.6) is 0 Å². The highest BCUT2D eigenvalue weighted by atomic mass is 32.1. The molecule has 0 unspecified atom stereocenters. The van der Waals surface area contributed by atoms with Crippen LogP contribution in [-0.2, 0) is 11.2 Å². The molecule has 2 fully saturated rings. The van der Waals surface area contributed by atoms with Crippen LogP contribution in [0.1, 0.15) is 50.4 Å². The minimum absolute atomic E-state index is 0.188. The normalized spacial score (nSPS) is 21.1. The molecule has 1 aromatic heterocycles. The maximum Gasteiger partial charge on any atom is 0.226 e. The van der Waals surface area contributed by atoms with Gasteiger partial charge < -0.3 is 9.80 Å². The fourth-order valence-electron chi connectivity index (χ4n) is 4.27. The van der Waals surface area contributed by atoms with Crippen LogP contribution in [0, 0.1) is 11.7 Å². The van der Waals surface area contributed by atoms with Crippen LogP contribution in [0.3, 0.4) is 0 Å². The van der Waals surface area contributed by atoms with Crippen molar-refractivity contribution in [2.24, 2.45) is 5.92 Å². The van der Waals surface area contributed by atoms with Gasteiger partial charge in [0.05, 0.1) is 0 Å². The highest BCUT2D eigenvalue weighted by Gasteiger charge is 2.33. The Labute approximate surface area is 169 Å². The second-order valence-corrected chi connectivity index (χ2v) is 8.69. The highest BCUT2D eigenvalue weighted by Crippen LogP contribution is 2.28. The third kappa shape index (κ3) is 4.35. The van der Waals surface area contributed by atoms with E-state index in [4.69, 9.17) is 0 Å². The number of benzene rings is 1. The lowest BCUT2D eigenvalue weighted by Gasteiger charge is -2.41. The van der Waals surface area contributed by atoms with E-state index in [1.54, 1.807) is 12.1 Å². The van der Waals surface area contributed by atoms with Crippen LogP contribution >= 0.6 is 11.5 Å². The van der Waals surface area contributed by atoms with Crippen molar-refractivity contribution in [2.75, 3.05) is 24.5 Å². The number of anilines is 1. The molecule has 2 aromatic rings. The summed E-state index contributed by atoms with van der Waals surface area (Å²) in [4.78, 5) is 21.9. The Morgan fingerprint density at radius 2 is 1.93 bits per heavy atom. The zero-order chi connectivity index (χ0) is 19.5. The van der Waals surface area contributed by atoms with Crippen molar-refractivity contribution < 1.29 is 9.18 Å². The lowest BCUT2D eigenvalue weighted by atomic mass is 9.88. The smallest absolute Gasteiger partial charge is 0.226 e. The van der Waals surface area contributed by atoms with E-state index >= 15 is 0 Å². The lowest BCUT2D eigenvalue weighted by molar-refractivity contribution is -0.139. The quantitative estimate of drug-likeness (QED) is 0.779. The zero-order valence-electron chi connectivity index (χ0n) is 16.3. The van der Waals surface area contributed by atoms with Crippen molar-refractivity contribution in [1.29, 1.82) is 0 Å². The summed E-state index contributed by atoms with van der Waals surface area (Å²) in [6.45, 7) is 4.48. The Morgan fingerprint density at radius 1 is 1.18 bits per heavy atom. The molecule has 1 atom stereocenters. The van der Waals surface area contributed by atoms with Gasteiger partial charge in [-0.15, -0.1) is 0 Å². The fraction of sp³-hybridized carbons (Fsp3) is 0.571. The Kier molecular flexibility index (Phi) is 5.90. The summed E-state index contributed by atoms with van der Waals surface area (Å²) < 4.78 is 17.5. The van der Waals surface area contributed by atoms with Gasteiger partial charge in [0.2, 0.25) is 11.0 Å². The van der Waals surface area contributed by atoms with E-state index in [-0.39, 0.29) is 17.8 Å². The molecule has 1 saturated heterocycles. The summed E-state index contributed by atoms with van der Waals surface area (Å²) in [5, 5.41) is 0.911. The largest absolute Gasteiger partial charge is 0.343 e. The van der Waals surface area contributed by atoms with Gasteiger partial charge in [-0.3, -0.25) is 4.79 Å². The fourth-order valence-corrected chi connectivity index (χ4v) is 4.99. The van der Waals surface area contributed by atoms with E-state index in [0.29, 0.717) is 12.3 Å². The van der Waals surface area contributed by atoms with E-state index in [0.717, 1.165) is 49.0 Å². The number of aromatic nitrogens is 2. The molecule has 2 heterocycles. The number of hydrogen-bond acceptors (Lipinski definition) is 5. The number of piperazine rings is 1. The van der Waals surface area contributed by atoms with Gasteiger partial charge in [0.25, 0.3) is 0 Å². The minimum Gasteiger partial charge on any atom is -0.343 e. The lowest BCUT2D eigenvalue weighted by Crippen LogP contribution is -2.55.